The van der Waals surface area contributed by atoms with E-state index in [0.29, 0.717) is 52.1 Å². The minimum atomic E-state index is -4.60. The summed E-state index contributed by atoms with van der Waals surface area (Å²) in [6.07, 6.45) is -0.970. The summed E-state index contributed by atoms with van der Waals surface area (Å²) in [7, 11) is 1.32. The zero-order valence-corrected chi connectivity index (χ0v) is 21.9. The molecule has 0 bridgehead atoms. The molecular formula is C27H26F3N5O3S. The highest BCUT2D eigenvalue weighted by atomic mass is 32.1. The molecular weight excluding hydrogens is 531 g/mol. The lowest BCUT2D eigenvalue weighted by Crippen LogP contribution is -2.26. The highest BCUT2D eigenvalue weighted by molar-refractivity contribution is 7.16. The topological polar surface area (TPSA) is 99.4 Å². The number of thiazole rings is 1. The number of amides is 1. The molecule has 0 atom stereocenters. The van der Waals surface area contributed by atoms with Crippen LogP contribution >= 0.6 is 11.3 Å². The van der Waals surface area contributed by atoms with E-state index in [0.717, 1.165) is 24.6 Å². The first-order valence-electron chi connectivity index (χ1n) is 12.4. The number of anilines is 1. The van der Waals surface area contributed by atoms with E-state index in [1.54, 1.807) is 24.4 Å². The van der Waals surface area contributed by atoms with Crippen LogP contribution in [0.4, 0.5) is 18.3 Å². The Bertz CT molecular complexity index is 1550. The molecule has 0 aliphatic carbocycles. The van der Waals surface area contributed by atoms with E-state index in [1.807, 2.05) is 4.90 Å². The van der Waals surface area contributed by atoms with Gasteiger partial charge in [-0.15, -0.1) is 0 Å². The van der Waals surface area contributed by atoms with Crippen molar-refractivity contribution in [1.29, 1.82) is 0 Å². The molecule has 0 spiro atoms. The number of carbonyl (C=O) groups is 1. The third-order valence-electron chi connectivity index (χ3n) is 6.66. The third-order valence-corrected chi connectivity index (χ3v) is 7.73. The summed E-state index contributed by atoms with van der Waals surface area (Å²) in [6, 6.07) is 9.14. The van der Waals surface area contributed by atoms with Gasteiger partial charge in [-0.25, -0.2) is 0 Å². The Hall–Kier alpha value is -3.93. The van der Waals surface area contributed by atoms with Crippen LogP contribution < -0.4 is 20.6 Å². The number of aromatic hydroxyl groups is 1. The maximum absolute atomic E-state index is 14.0. The summed E-state index contributed by atoms with van der Waals surface area (Å²) in [5, 5.41) is 23.6. The molecule has 0 unspecified atom stereocenters. The molecule has 3 heterocycles. The summed E-state index contributed by atoms with van der Waals surface area (Å²) in [5.74, 6) is -0.00810. The smallest absolute Gasteiger partial charge is 0.416 e. The van der Waals surface area contributed by atoms with Gasteiger partial charge in [0.25, 0.3) is 0 Å². The van der Waals surface area contributed by atoms with Crippen LogP contribution in [0.25, 0.3) is 5.57 Å². The average Bonchev–Trinajstić information content (AvgIpc) is 3.64. The van der Waals surface area contributed by atoms with E-state index in [-0.39, 0.29) is 29.5 Å². The van der Waals surface area contributed by atoms with Crippen LogP contribution in [-0.4, -0.2) is 53.9 Å². The van der Waals surface area contributed by atoms with E-state index in [4.69, 9.17) is 4.74 Å². The van der Waals surface area contributed by atoms with E-state index in [9.17, 15) is 23.1 Å². The number of ether oxygens (including phenoxy) is 1. The predicted molar refractivity (Wildman–Crippen MR) is 142 cm³/mol. The second-order valence-corrected chi connectivity index (χ2v) is 10.2. The molecule has 204 valence electrons. The van der Waals surface area contributed by atoms with Gasteiger partial charge in [0.2, 0.25) is 11.8 Å². The molecule has 8 nitrogen and oxygen atoms in total. The Balaban J connectivity index is 1.48. The van der Waals surface area contributed by atoms with Crippen LogP contribution in [0.1, 0.15) is 40.8 Å². The van der Waals surface area contributed by atoms with Crippen molar-refractivity contribution in [3.05, 3.63) is 68.5 Å². The number of hydrogen-bond donors (Lipinski definition) is 2. The summed E-state index contributed by atoms with van der Waals surface area (Å²) in [5.41, 5.74) is 0.444. The maximum Gasteiger partial charge on any atom is 0.416 e. The maximum atomic E-state index is 14.0. The first-order valence-corrected chi connectivity index (χ1v) is 13.2. The lowest BCUT2D eigenvalue weighted by atomic mass is 9.96. The van der Waals surface area contributed by atoms with Crippen molar-refractivity contribution >= 4 is 34.2 Å². The zero-order valence-electron chi connectivity index (χ0n) is 21.1. The molecule has 12 heteroatoms. The van der Waals surface area contributed by atoms with Crippen LogP contribution in [0, 0.1) is 0 Å². The number of likely N-dealkylation sites (tertiary alicyclic amines) is 1. The van der Waals surface area contributed by atoms with Gasteiger partial charge in [0, 0.05) is 38.0 Å². The largest absolute Gasteiger partial charge is 0.497 e. The number of nitrogens with zero attached hydrogens (tertiary/aromatic N) is 4. The lowest BCUT2D eigenvalue weighted by Gasteiger charge is -2.16. The Morgan fingerprint density at radius 3 is 2.82 bits per heavy atom. The average molecular weight is 558 g/mol. The van der Waals surface area contributed by atoms with Gasteiger partial charge in [0.15, 0.2) is 5.13 Å². The van der Waals surface area contributed by atoms with Crippen LogP contribution in [0.5, 0.6) is 11.6 Å². The summed E-state index contributed by atoms with van der Waals surface area (Å²) in [4.78, 5) is 18.2. The Morgan fingerprint density at radius 1 is 1.23 bits per heavy atom. The molecule has 0 saturated carbocycles. The van der Waals surface area contributed by atoms with Crippen molar-refractivity contribution in [2.24, 2.45) is 10.2 Å². The van der Waals surface area contributed by atoms with Gasteiger partial charge in [0.1, 0.15) is 5.75 Å². The standard InChI is InChI=1S/C27H26F3N5O3S/c1-38-19-7-5-17(21(14-19)27(28,29)30)13-20(16-6-8-22-18(12-16)15-32-34-22)24-25(37)33-26(39-24)31-9-3-11-35-10-2-4-23(35)36/h5-8,12,14-15,37H,2-4,9-11,13H2,1H3,(H,31,33). The summed E-state index contributed by atoms with van der Waals surface area (Å²) in [6.45, 7) is 1.93. The van der Waals surface area contributed by atoms with Gasteiger partial charge >= 0.3 is 6.18 Å². The Morgan fingerprint density at radius 2 is 2.08 bits per heavy atom. The number of alkyl halides is 3. The molecule has 1 aromatic heterocycles. The molecule has 1 saturated heterocycles. The molecule has 39 heavy (non-hydrogen) atoms. The molecule has 2 N–H and O–H groups in total. The molecule has 2 aliphatic heterocycles. The second kappa shape index (κ2) is 11.0. The molecule has 0 radical (unpaired) electrons. The number of benzene rings is 2. The van der Waals surface area contributed by atoms with Crippen LogP contribution in [-0.2, 0) is 17.4 Å². The predicted octanol–water partition coefficient (Wildman–Crippen LogP) is 3.71. The Kier molecular flexibility index (Phi) is 7.56. The van der Waals surface area contributed by atoms with Crippen molar-refractivity contribution in [3.8, 4) is 11.6 Å². The van der Waals surface area contributed by atoms with Crippen molar-refractivity contribution in [2.75, 3.05) is 32.1 Å². The molecule has 2 aromatic carbocycles. The molecule has 1 amide bonds. The van der Waals surface area contributed by atoms with Gasteiger partial charge < -0.3 is 20.1 Å². The monoisotopic (exact) mass is 557 g/mol. The molecule has 3 aromatic rings. The minimum Gasteiger partial charge on any atom is -0.497 e. The van der Waals surface area contributed by atoms with Gasteiger partial charge in [-0.2, -0.15) is 28.4 Å². The third kappa shape index (κ3) is 5.90. The van der Waals surface area contributed by atoms with Crippen molar-refractivity contribution in [3.63, 3.8) is 0 Å². The number of fused-ring (bicyclic) bond motifs is 1. The van der Waals surface area contributed by atoms with E-state index < -0.39 is 11.7 Å². The molecule has 2 aliphatic rings. The number of carbonyl (C=O) groups excluding carboxylic acids is 1. The fraction of sp³-hybridized carbons (Fsp3) is 0.333. The summed E-state index contributed by atoms with van der Waals surface area (Å²) >= 11 is 1.17. The Labute approximate surface area is 226 Å². The van der Waals surface area contributed by atoms with Crippen molar-refractivity contribution < 1.29 is 27.8 Å². The van der Waals surface area contributed by atoms with E-state index >= 15 is 0 Å². The zero-order chi connectivity index (χ0) is 27.6. The van der Waals surface area contributed by atoms with E-state index in [1.165, 1.54) is 30.6 Å². The van der Waals surface area contributed by atoms with Crippen molar-refractivity contribution in [2.45, 2.75) is 31.9 Å². The van der Waals surface area contributed by atoms with Gasteiger partial charge in [0.05, 0.1) is 29.1 Å². The number of methoxy groups -OCH3 is 1. The molecule has 5 rings (SSSR count). The van der Waals surface area contributed by atoms with E-state index in [2.05, 4.69) is 20.5 Å². The highest BCUT2D eigenvalue weighted by Gasteiger charge is 2.34. The normalized spacial score (nSPS) is 15.4. The highest BCUT2D eigenvalue weighted by Crippen LogP contribution is 2.39. The second-order valence-electron chi connectivity index (χ2n) is 9.23. The SMILES string of the molecule is COc1ccc(CC(c2sc(NCCCN3CCCC3=O)nc2O)=c2ccc3c(c2)C=NN=3)c(C(F)(F)F)c1. The number of rotatable bonds is 9. The van der Waals surface area contributed by atoms with Gasteiger partial charge in [-0.05, 0) is 53.5 Å². The number of nitrogens with one attached hydrogen (secondary N) is 1. The van der Waals surface area contributed by atoms with Crippen LogP contribution in [0.3, 0.4) is 0 Å². The fourth-order valence-electron chi connectivity index (χ4n) is 4.68. The van der Waals surface area contributed by atoms with Gasteiger partial charge in [-0.3, -0.25) is 4.79 Å². The number of hydrogen-bond acceptors (Lipinski definition) is 8. The van der Waals surface area contributed by atoms with Gasteiger partial charge in [-0.1, -0.05) is 23.5 Å². The quantitative estimate of drug-likeness (QED) is 0.391. The van der Waals surface area contributed by atoms with Crippen LogP contribution in [0.2, 0.25) is 0 Å². The number of halogens is 3. The fourth-order valence-corrected chi connectivity index (χ4v) is 5.63. The first kappa shape index (κ1) is 26.7. The summed E-state index contributed by atoms with van der Waals surface area (Å²) < 4.78 is 47.0. The van der Waals surface area contributed by atoms with Crippen LogP contribution in [0.15, 0.2) is 46.6 Å². The van der Waals surface area contributed by atoms with Crippen molar-refractivity contribution in [1.82, 2.24) is 9.88 Å². The molecule has 1 fully saturated rings. The first-order chi connectivity index (χ1) is 18.7. The minimum absolute atomic E-state index is 0.0368. The number of aromatic nitrogens is 1. The lowest BCUT2D eigenvalue weighted by molar-refractivity contribution is -0.138.